The topological polar surface area (TPSA) is 71.0 Å². The maximum atomic E-state index is 14.4. The number of carbonyl (C=O) groups excluding carboxylic acids is 1. The van der Waals surface area contributed by atoms with Gasteiger partial charge in [-0.3, -0.25) is 4.79 Å². The fourth-order valence-electron chi connectivity index (χ4n) is 4.08. The van der Waals surface area contributed by atoms with Crippen LogP contribution in [-0.4, -0.2) is 42.9 Å². The van der Waals surface area contributed by atoms with Crippen molar-refractivity contribution in [3.63, 3.8) is 0 Å². The Morgan fingerprint density at radius 1 is 1.15 bits per heavy atom. The van der Waals surface area contributed by atoms with E-state index < -0.39 is 29.6 Å². The SMILES string of the molecule is O=C1CCc2c(OCC3(O)CCN(c4c(F)cc(OC(F)F)cc4F)CC3)ccc(Cl)c2N1. The molecule has 2 aromatic carbocycles. The number of rotatable bonds is 6. The molecule has 2 aliphatic heterocycles. The first-order valence-corrected chi connectivity index (χ1v) is 10.7. The van der Waals surface area contributed by atoms with Gasteiger partial charge in [-0.25, -0.2) is 8.78 Å². The highest BCUT2D eigenvalue weighted by Gasteiger charge is 2.35. The number of benzene rings is 2. The minimum absolute atomic E-state index is 0.0605. The van der Waals surface area contributed by atoms with E-state index in [4.69, 9.17) is 16.3 Å². The highest BCUT2D eigenvalue weighted by Crippen LogP contribution is 2.38. The maximum absolute atomic E-state index is 14.4. The number of piperidine rings is 1. The molecule has 1 amide bonds. The Kier molecular flexibility index (Phi) is 6.58. The second-order valence-electron chi connectivity index (χ2n) is 8.06. The average Bonchev–Trinajstić information content (AvgIpc) is 2.74. The van der Waals surface area contributed by atoms with Gasteiger partial charge in [0.15, 0.2) is 11.6 Å². The molecule has 1 fully saturated rings. The molecule has 0 spiro atoms. The molecule has 11 heteroatoms. The number of aliphatic hydroxyl groups is 1. The molecule has 0 aliphatic carbocycles. The summed E-state index contributed by atoms with van der Waals surface area (Å²) in [7, 11) is 0. The molecule has 0 radical (unpaired) electrons. The zero-order valence-electron chi connectivity index (χ0n) is 17.3. The Hall–Kier alpha value is -2.72. The molecule has 2 aliphatic rings. The summed E-state index contributed by atoms with van der Waals surface area (Å²) in [5.41, 5.74) is -0.356. The molecule has 6 nitrogen and oxygen atoms in total. The van der Waals surface area contributed by atoms with Crippen LogP contribution in [0.25, 0.3) is 0 Å². The Morgan fingerprint density at radius 3 is 2.45 bits per heavy atom. The van der Waals surface area contributed by atoms with Gasteiger partial charge in [-0.2, -0.15) is 8.78 Å². The number of halogens is 5. The van der Waals surface area contributed by atoms with Crippen LogP contribution in [0.1, 0.15) is 24.8 Å². The van der Waals surface area contributed by atoms with Crippen molar-refractivity contribution in [1.82, 2.24) is 0 Å². The molecular formula is C22H21ClF4N2O4. The van der Waals surface area contributed by atoms with Crippen LogP contribution in [0.3, 0.4) is 0 Å². The van der Waals surface area contributed by atoms with Crippen LogP contribution in [0.4, 0.5) is 28.9 Å². The summed E-state index contributed by atoms with van der Waals surface area (Å²) in [6.07, 6.45) is 1.07. The van der Waals surface area contributed by atoms with E-state index in [1.165, 1.54) is 4.90 Å². The van der Waals surface area contributed by atoms with Gasteiger partial charge in [0.2, 0.25) is 5.91 Å². The van der Waals surface area contributed by atoms with Crippen molar-refractivity contribution in [3.8, 4) is 11.5 Å². The molecule has 2 heterocycles. The number of hydrogen-bond acceptors (Lipinski definition) is 5. The minimum Gasteiger partial charge on any atom is -0.490 e. The highest BCUT2D eigenvalue weighted by molar-refractivity contribution is 6.34. The molecule has 0 unspecified atom stereocenters. The first-order chi connectivity index (χ1) is 15.6. The number of ether oxygens (including phenoxy) is 2. The standard InChI is InChI=1S/C22H21ClF4N2O4/c23-14-2-3-17(13-1-4-18(30)28-19(13)14)32-11-22(31)5-7-29(8-6-22)20-15(24)9-12(10-16(20)25)33-21(26)27/h2-3,9-10,21,31H,1,4-8,11H2,(H,28,30). The maximum Gasteiger partial charge on any atom is 0.387 e. The summed E-state index contributed by atoms with van der Waals surface area (Å²) in [5.74, 6) is -2.30. The lowest BCUT2D eigenvalue weighted by molar-refractivity contribution is -0.116. The van der Waals surface area contributed by atoms with Crippen LogP contribution in [0.2, 0.25) is 5.02 Å². The summed E-state index contributed by atoms with van der Waals surface area (Å²) < 4.78 is 63.3. The third-order valence-corrected chi connectivity index (χ3v) is 6.12. The van der Waals surface area contributed by atoms with Gasteiger partial charge in [-0.05, 0) is 31.4 Å². The number of nitrogens with zero attached hydrogens (tertiary/aromatic N) is 1. The fourth-order valence-corrected chi connectivity index (χ4v) is 4.30. The second-order valence-corrected chi connectivity index (χ2v) is 8.47. The van der Waals surface area contributed by atoms with Crippen molar-refractivity contribution in [1.29, 1.82) is 0 Å². The summed E-state index contributed by atoms with van der Waals surface area (Å²) in [6.45, 7) is -3.01. The molecule has 0 saturated carbocycles. The van der Waals surface area contributed by atoms with E-state index in [9.17, 15) is 27.5 Å². The monoisotopic (exact) mass is 488 g/mol. The van der Waals surface area contributed by atoms with Gasteiger partial charge in [0.1, 0.15) is 29.4 Å². The summed E-state index contributed by atoms with van der Waals surface area (Å²) >= 11 is 6.16. The molecule has 0 aromatic heterocycles. The summed E-state index contributed by atoms with van der Waals surface area (Å²) in [6, 6.07) is 4.68. The van der Waals surface area contributed by atoms with Crippen LogP contribution < -0.4 is 19.7 Å². The zero-order valence-corrected chi connectivity index (χ0v) is 18.1. The minimum atomic E-state index is -3.19. The van der Waals surface area contributed by atoms with E-state index in [-0.39, 0.29) is 44.1 Å². The average molecular weight is 489 g/mol. The molecular weight excluding hydrogens is 468 g/mol. The molecule has 1 saturated heterocycles. The molecule has 4 rings (SSSR count). The zero-order chi connectivity index (χ0) is 23.8. The van der Waals surface area contributed by atoms with Crippen molar-refractivity contribution in [2.45, 2.75) is 37.9 Å². The normalized spacial score (nSPS) is 17.5. The van der Waals surface area contributed by atoms with Gasteiger partial charge >= 0.3 is 6.61 Å². The Bertz CT molecular complexity index is 1040. The Morgan fingerprint density at radius 2 is 1.82 bits per heavy atom. The first kappa shape index (κ1) is 23.4. The Labute approximate surface area is 192 Å². The number of nitrogens with one attached hydrogen (secondary N) is 1. The Balaban J connectivity index is 1.41. The third-order valence-electron chi connectivity index (χ3n) is 5.81. The van der Waals surface area contributed by atoms with Crippen LogP contribution in [0, 0.1) is 11.6 Å². The van der Waals surface area contributed by atoms with Crippen LogP contribution in [0.15, 0.2) is 24.3 Å². The van der Waals surface area contributed by atoms with E-state index in [1.807, 2.05) is 0 Å². The number of anilines is 2. The van der Waals surface area contributed by atoms with Crippen LogP contribution in [-0.2, 0) is 11.2 Å². The molecule has 178 valence electrons. The van der Waals surface area contributed by atoms with Gasteiger partial charge in [-0.1, -0.05) is 11.6 Å². The van der Waals surface area contributed by atoms with E-state index in [2.05, 4.69) is 10.1 Å². The van der Waals surface area contributed by atoms with Crippen LogP contribution in [0.5, 0.6) is 11.5 Å². The number of fused-ring (bicyclic) bond motifs is 1. The van der Waals surface area contributed by atoms with Gasteiger partial charge in [-0.15, -0.1) is 0 Å². The van der Waals surface area contributed by atoms with E-state index >= 15 is 0 Å². The van der Waals surface area contributed by atoms with Gasteiger partial charge in [0, 0.05) is 37.2 Å². The van der Waals surface area contributed by atoms with Crippen molar-refractivity contribution in [3.05, 3.63) is 46.5 Å². The predicted molar refractivity (Wildman–Crippen MR) is 113 cm³/mol. The number of carbonyl (C=O) groups is 1. The summed E-state index contributed by atoms with van der Waals surface area (Å²) in [4.78, 5) is 13.1. The fraction of sp³-hybridized carbons (Fsp3) is 0.409. The first-order valence-electron chi connectivity index (χ1n) is 10.3. The lowest BCUT2D eigenvalue weighted by Crippen LogP contribution is -2.48. The van der Waals surface area contributed by atoms with Crippen LogP contribution >= 0.6 is 11.6 Å². The quantitative estimate of drug-likeness (QED) is 0.585. The molecule has 0 bridgehead atoms. The second kappa shape index (κ2) is 9.26. The lowest BCUT2D eigenvalue weighted by Gasteiger charge is -2.39. The molecule has 2 N–H and O–H groups in total. The van der Waals surface area contributed by atoms with E-state index in [1.54, 1.807) is 12.1 Å². The van der Waals surface area contributed by atoms with Crippen molar-refractivity contribution in [2.75, 3.05) is 29.9 Å². The summed E-state index contributed by atoms with van der Waals surface area (Å²) in [5, 5.41) is 14.1. The predicted octanol–water partition coefficient (Wildman–Crippen LogP) is 4.51. The molecule has 2 aromatic rings. The van der Waals surface area contributed by atoms with Gasteiger partial charge in [0.25, 0.3) is 0 Å². The van der Waals surface area contributed by atoms with Gasteiger partial charge in [0.05, 0.1) is 10.7 Å². The van der Waals surface area contributed by atoms with E-state index in [0.717, 1.165) is 5.56 Å². The number of amides is 1. The number of hydrogen-bond donors (Lipinski definition) is 2. The van der Waals surface area contributed by atoms with Gasteiger partial charge < -0.3 is 24.8 Å². The molecule has 33 heavy (non-hydrogen) atoms. The number of alkyl halides is 2. The van der Waals surface area contributed by atoms with E-state index in [0.29, 0.717) is 41.4 Å². The third kappa shape index (κ3) is 5.11. The van der Waals surface area contributed by atoms with Crippen molar-refractivity contribution in [2.24, 2.45) is 0 Å². The largest absolute Gasteiger partial charge is 0.490 e. The van der Waals surface area contributed by atoms with Crippen molar-refractivity contribution < 1.29 is 36.9 Å². The highest BCUT2D eigenvalue weighted by atomic mass is 35.5. The van der Waals surface area contributed by atoms with Crippen molar-refractivity contribution >= 4 is 28.9 Å². The molecule has 0 atom stereocenters. The smallest absolute Gasteiger partial charge is 0.387 e. The lowest BCUT2D eigenvalue weighted by atomic mass is 9.92.